The van der Waals surface area contributed by atoms with Crippen LogP contribution in [-0.4, -0.2) is 18.1 Å². The number of pyridine rings is 1. The molecule has 0 saturated carbocycles. The number of hydrogen-bond acceptors (Lipinski definition) is 5. The highest BCUT2D eigenvalue weighted by molar-refractivity contribution is 5.96. The van der Waals surface area contributed by atoms with Crippen LogP contribution in [0.3, 0.4) is 0 Å². The molecule has 3 heterocycles. The summed E-state index contributed by atoms with van der Waals surface area (Å²) in [5.74, 6) is -0.0443. The predicted octanol–water partition coefficient (Wildman–Crippen LogP) is 3.24. The molecule has 1 aliphatic rings. The van der Waals surface area contributed by atoms with Gasteiger partial charge in [-0.2, -0.15) is 0 Å². The first-order valence-corrected chi connectivity index (χ1v) is 7.35. The number of aromatic nitrogens is 1. The first-order chi connectivity index (χ1) is 11.1. The average molecular weight is 310 g/mol. The Morgan fingerprint density at radius 1 is 1.22 bits per heavy atom. The molecule has 0 aliphatic carbocycles. The SMILES string of the molecule is COC(=O)C1=C(C)NC(C)=C(c2ccccn2)C1c1ccco1. The lowest BCUT2D eigenvalue weighted by atomic mass is 9.82. The van der Waals surface area contributed by atoms with Crippen LogP contribution in [0, 0.1) is 0 Å². The van der Waals surface area contributed by atoms with Gasteiger partial charge < -0.3 is 14.5 Å². The van der Waals surface area contributed by atoms with Crippen LogP contribution in [0.15, 0.2) is 64.2 Å². The molecule has 0 radical (unpaired) electrons. The van der Waals surface area contributed by atoms with Crippen molar-refractivity contribution in [2.45, 2.75) is 19.8 Å². The van der Waals surface area contributed by atoms with Crippen molar-refractivity contribution in [1.82, 2.24) is 10.3 Å². The molecule has 1 unspecified atom stereocenters. The van der Waals surface area contributed by atoms with Crippen molar-refractivity contribution in [3.05, 3.63) is 71.2 Å². The van der Waals surface area contributed by atoms with Gasteiger partial charge in [0.15, 0.2) is 0 Å². The molecule has 2 aromatic rings. The van der Waals surface area contributed by atoms with E-state index in [-0.39, 0.29) is 11.9 Å². The predicted molar refractivity (Wildman–Crippen MR) is 86.1 cm³/mol. The van der Waals surface area contributed by atoms with Crippen molar-refractivity contribution in [1.29, 1.82) is 0 Å². The topological polar surface area (TPSA) is 64.4 Å². The van der Waals surface area contributed by atoms with Gasteiger partial charge in [0.1, 0.15) is 5.76 Å². The minimum absolute atomic E-state index is 0.353. The summed E-state index contributed by atoms with van der Waals surface area (Å²) in [6, 6.07) is 9.38. The van der Waals surface area contributed by atoms with Crippen molar-refractivity contribution in [3.8, 4) is 0 Å². The number of nitrogens with zero attached hydrogens (tertiary/aromatic N) is 1. The molecule has 0 bridgehead atoms. The number of carbonyl (C=O) groups is 1. The summed E-state index contributed by atoms with van der Waals surface area (Å²) >= 11 is 0. The summed E-state index contributed by atoms with van der Waals surface area (Å²) in [6.07, 6.45) is 3.34. The van der Waals surface area contributed by atoms with Gasteiger partial charge >= 0.3 is 5.97 Å². The highest BCUT2D eigenvalue weighted by Gasteiger charge is 2.36. The quantitative estimate of drug-likeness (QED) is 0.882. The van der Waals surface area contributed by atoms with Crippen LogP contribution in [-0.2, 0) is 9.53 Å². The molecule has 3 rings (SSSR count). The Kier molecular flexibility index (Phi) is 4.02. The van der Waals surface area contributed by atoms with E-state index in [1.165, 1.54) is 7.11 Å². The fraction of sp³-hybridized carbons (Fsp3) is 0.222. The molecular formula is C18H18N2O3. The molecule has 0 saturated heterocycles. The smallest absolute Gasteiger partial charge is 0.336 e. The molecule has 0 aromatic carbocycles. The number of carbonyl (C=O) groups excluding carboxylic acids is 1. The first kappa shape index (κ1) is 15.1. The second kappa shape index (κ2) is 6.12. The normalized spacial score (nSPS) is 18.0. The molecule has 5 heteroatoms. The molecule has 23 heavy (non-hydrogen) atoms. The molecule has 1 aliphatic heterocycles. The van der Waals surface area contributed by atoms with Gasteiger partial charge in [-0.25, -0.2) is 4.79 Å². The monoisotopic (exact) mass is 310 g/mol. The Morgan fingerprint density at radius 3 is 2.65 bits per heavy atom. The maximum absolute atomic E-state index is 12.4. The van der Waals surface area contributed by atoms with E-state index < -0.39 is 0 Å². The van der Waals surface area contributed by atoms with Gasteiger partial charge in [-0.3, -0.25) is 4.98 Å². The third kappa shape index (κ3) is 2.65. The van der Waals surface area contributed by atoms with Crippen LogP contribution >= 0.6 is 0 Å². The minimum Gasteiger partial charge on any atom is -0.468 e. The minimum atomic E-state index is -0.377. The summed E-state index contributed by atoms with van der Waals surface area (Å²) < 4.78 is 10.6. The third-order valence-corrected chi connectivity index (χ3v) is 3.93. The van der Waals surface area contributed by atoms with E-state index in [4.69, 9.17) is 9.15 Å². The Labute approximate surface area is 134 Å². The Hall–Kier alpha value is -2.82. The van der Waals surface area contributed by atoms with E-state index >= 15 is 0 Å². The average Bonchev–Trinajstić information content (AvgIpc) is 3.08. The molecule has 0 fully saturated rings. The van der Waals surface area contributed by atoms with Crippen molar-refractivity contribution in [2.75, 3.05) is 7.11 Å². The summed E-state index contributed by atoms with van der Waals surface area (Å²) in [4.78, 5) is 16.8. The van der Waals surface area contributed by atoms with Crippen molar-refractivity contribution in [3.63, 3.8) is 0 Å². The first-order valence-electron chi connectivity index (χ1n) is 7.35. The van der Waals surface area contributed by atoms with Gasteiger partial charge in [0.2, 0.25) is 0 Å². The molecule has 1 atom stereocenters. The highest BCUT2D eigenvalue weighted by Crippen LogP contribution is 2.43. The number of esters is 1. The molecule has 0 amide bonds. The standard InChI is InChI=1S/C18H18N2O3/c1-11-15(13-7-4-5-9-19-13)17(14-8-6-10-23-14)16(12(2)20-11)18(21)22-3/h4-10,17,20H,1-3H3. The van der Waals surface area contributed by atoms with Crippen molar-refractivity contribution in [2.24, 2.45) is 0 Å². The number of rotatable bonds is 3. The number of methoxy groups -OCH3 is 1. The number of nitrogens with one attached hydrogen (secondary N) is 1. The number of ether oxygens (including phenoxy) is 1. The number of allylic oxidation sites excluding steroid dienone is 3. The van der Waals surface area contributed by atoms with Crippen LogP contribution in [0.25, 0.3) is 5.57 Å². The van der Waals surface area contributed by atoms with Crippen LogP contribution < -0.4 is 5.32 Å². The third-order valence-electron chi connectivity index (χ3n) is 3.93. The fourth-order valence-corrected chi connectivity index (χ4v) is 2.98. The van der Waals surface area contributed by atoms with E-state index in [1.807, 2.05) is 44.2 Å². The Bertz CT molecular complexity index is 774. The Morgan fingerprint density at radius 2 is 2.04 bits per heavy atom. The van der Waals surface area contributed by atoms with Gasteiger partial charge in [-0.15, -0.1) is 0 Å². The summed E-state index contributed by atoms with van der Waals surface area (Å²) in [6.45, 7) is 3.83. The lowest BCUT2D eigenvalue weighted by molar-refractivity contribution is -0.136. The molecule has 118 valence electrons. The lowest BCUT2D eigenvalue weighted by Crippen LogP contribution is -2.28. The molecule has 1 N–H and O–H groups in total. The lowest BCUT2D eigenvalue weighted by Gasteiger charge is -2.29. The van der Waals surface area contributed by atoms with Crippen LogP contribution in [0.4, 0.5) is 0 Å². The second-order valence-corrected chi connectivity index (χ2v) is 5.36. The number of dihydropyridines is 1. The van der Waals surface area contributed by atoms with Crippen LogP contribution in [0.5, 0.6) is 0 Å². The summed E-state index contributed by atoms with van der Waals surface area (Å²) in [7, 11) is 1.38. The molecule has 5 nitrogen and oxygen atoms in total. The van der Waals surface area contributed by atoms with Crippen molar-refractivity contribution < 1.29 is 13.9 Å². The Balaban J connectivity index is 2.21. The van der Waals surface area contributed by atoms with Crippen LogP contribution in [0.2, 0.25) is 0 Å². The van der Waals surface area contributed by atoms with Crippen LogP contribution in [0.1, 0.15) is 31.2 Å². The fourth-order valence-electron chi connectivity index (χ4n) is 2.98. The zero-order chi connectivity index (χ0) is 16.4. The molecule has 0 spiro atoms. The zero-order valence-electron chi connectivity index (χ0n) is 13.3. The van der Waals surface area contributed by atoms with E-state index in [0.29, 0.717) is 11.3 Å². The van der Waals surface area contributed by atoms with E-state index in [9.17, 15) is 4.79 Å². The highest BCUT2D eigenvalue weighted by atomic mass is 16.5. The summed E-state index contributed by atoms with van der Waals surface area (Å²) in [5, 5.41) is 3.26. The zero-order valence-corrected chi connectivity index (χ0v) is 13.3. The molecular weight excluding hydrogens is 292 g/mol. The van der Waals surface area contributed by atoms with Gasteiger partial charge in [0.25, 0.3) is 0 Å². The number of hydrogen-bond donors (Lipinski definition) is 1. The second-order valence-electron chi connectivity index (χ2n) is 5.36. The van der Waals surface area contributed by atoms with E-state index in [0.717, 1.165) is 22.7 Å². The largest absolute Gasteiger partial charge is 0.468 e. The van der Waals surface area contributed by atoms with Crippen molar-refractivity contribution >= 4 is 11.5 Å². The maximum Gasteiger partial charge on any atom is 0.336 e. The van der Waals surface area contributed by atoms with Gasteiger partial charge in [-0.05, 0) is 38.1 Å². The van der Waals surface area contributed by atoms with E-state index in [2.05, 4.69) is 10.3 Å². The van der Waals surface area contributed by atoms with Gasteiger partial charge in [-0.1, -0.05) is 6.07 Å². The van der Waals surface area contributed by atoms with Gasteiger partial charge in [0.05, 0.1) is 30.6 Å². The maximum atomic E-state index is 12.4. The van der Waals surface area contributed by atoms with E-state index in [1.54, 1.807) is 12.5 Å². The number of furan rings is 1. The summed E-state index contributed by atoms with van der Waals surface area (Å²) in [5.41, 5.74) is 3.94. The van der Waals surface area contributed by atoms with Gasteiger partial charge in [0, 0.05) is 23.2 Å². The molecule has 2 aromatic heterocycles.